The largest absolute Gasteiger partial charge is 0.379 e. The summed E-state index contributed by atoms with van der Waals surface area (Å²) in [4.78, 5) is 19.4. The SMILES string of the molecule is Cc1nc2c(F)cc(-c3c[nH]c4ncnc(NC5CCC(N6CCOCC6)CC5)c34)cc2n1C(C)C. The molecule has 1 aliphatic carbocycles. The van der Waals surface area contributed by atoms with Crippen LogP contribution in [0.15, 0.2) is 24.7 Å². The number of nitrogens with one attached hydrogen (secondary N) is 2. The average molecular weight is 492 g/mol. The number of imidazole rings is 1. The van der Waals surface area contributed by atoms with E-state index in [9.17, 15) is 0 Å². The van der Waals surface area contributed by atoms with Gasteiger partial charge >= 0.3 is 0 Å². The van der Waals surface area contributed by atoms with E-state index in [4.69, 9.17) is 4.74 Å². The van der Waals surface area contributed by atoms with Gasteiger partial charge in [-0.25, -0.2) is 19.3 Å². The second kappa shape index (κ2) is 9.44. The van der Waals surface area contributed by atoms with E-state index in [1.165, 1.54) is 12.8 Å². The van der Waals surface area contributed by atoms with E-state index in [1.54, 1.807) is 12.4 Å². The number of aromatic amines is 1. The maximum absolute atomic E-state index is 15.2. The summed E-state index contributed by atoms with van der Waals surface area (Å²) in [5.74, 6) is 1.31. The molecule has 1 saturated heterocycles. The lowest BCUT2D eigenvalue weighted by Gasteiger charge is -2.39. The molecule has 0 radical (unpaired) electrons. The average Bonchev–Trinajstić information content (AvgIpc) is 3.47. The molecule has 0 amide bonds. The fourth-order valence-corrected chi connectivity index (χ4v) is 6.10. The number of fused-ring (bicyclic) bond motifs is 2. The second-order valence-electron chi connectivity index (χ2n) is 10.4. The Morgan fingerprint density at radius 3 is 2.64 bits per heavy atom. The van der Waals surface area contributed by atoms with E-state index in [-0.39, 0.29) is 11.9 Å². The predicted octanol–water partition coefficient (Wildman–Crippen LogP) is 5.06. The van der Waals surface area contributed by atoms with Crippen LogP contribution in [0.4, 0.5) is 10.2 Å². The third kappa shape index (κ3) is 4.14. The van der Waals surface area contributed by atoms with E-state index in [0.717, 1.165) is 78.5 Å². The van der Waals surface area contributed by atoms with Gasteiger partial charge < -0.3 is 19.6 Å². The van der Waals surface area contributed by atoms with Crippen molar-refractivity contribution in [3.05, 3.63) is 36.3 Å². The fourth-order valence-electron chi connectivity index (χ4n) is 6.10. The van der Waals surface area contributed by atoms with Crippen molar-refractivity contribution in [3.63, 3.8) is 0 Å². The zero-order chi connectivity index (χ0) is 24.8. The first-order valence-corrected chi connectivity index (χ1v) is 13.1. The van der Waals surface area contributed by atoms with Crippen LogP contribution in [0.2, 0.25) is 0 Å². The van der Waals surface area contributed by atoms with Crippen molar-refractivity contribution < 1.29 is 9.13 Å². The topological polar surface area (TPSA) is 83.9 Å². The van der Waals surface area contributed by atoms with Gasteiger partial charge in [0.1, 0.15) is 29.1 Å². The van der Waals surface area contributed by atoms with Gasteiger partial charge in [-0.3, -0.25) is 4.90 Å². The first-order chi connectivity index (χ1) is 17.5. The zero-order valence-electron chi connectivity index (χ0n) is 21.2. The highest BCUT2D eigenvalue weighted by molar-refractivity contribution is 6.02. The molecule has 4 aromatic rings. The summed E-state index contributed by atoms with van der Waals surface area (Å²) in [6, 6.07) is 4.79. The number of nitrogens with zero attached hydrogens (tertiary/aromatic N) is 5. The summed E-state index contributed by atoms with van der Waals surface area (Å²) >= 11 is 0. The monoisotopic (exact) mass is 491 g/mol. The van der Waals surface area contributed by atoms with Crippen LogP contribution in [0.25, 0.3) is 33.2 Å². The molecule has 4 heterocycles. The zero-order valence-corrected chi connectivity index (χ0v) is 21.2. The van der Waals surface area contributed by atoms with Gasteiger partial charge in [-0.05, 0) is 64.2 Å². The molecular weight excluding hydrogens is 457 g/mol. The first kappa shape index (κ1) is 23.4. The highest BCUT2D eigenvalue weighted by Gasteiger charge is 2.28. The van der Waals surface area contributed by atoms with Gasteiger partial charge in [-0.1, -0.05) is 0 Å². The van der Waals surface area contributed by atoms with Crippen molar-refractivity contribution >= 4 is 27.9 Å². The number of H-pyrrole nitrogens is 1. The fraction of sp³-hybridized carbons (Fsp3) is 0.519. The van der Waals surface area contributed by atoms with E-state index < -0.39 is 0 Å². The van der Waals surface area contributed by atoms with Gasteiger partial charge in [0.25, 0.3) is 0 Å². The number of aromatic nitrogens is 5. The van der Waals surface area contributed by atoms with Crippen molar-refractivity contribution in [2.75, 3.05) is 31.6 Å². The van der Waals surface area contributed by atoms with E-state index in [2.05, 4.69) is 48.6 Å². The lowest BCUT2D eigenvalue weighted by atomic mass is 9.90. The van der Waals surface area contributed by atoms with Gasteiger partial charge in [-0.15, -0.1) is 0 Å². The number of hydrogen-bond donors (Lipinski definition) is 2. The lowest BCUT2D eigenvalue weighted by molar-refractivity contribution is 0.00791. The number of ether oxygens (including phenoxy) is 1. The van der Waals surface area contributed by atoms with Crippen LogP contribution >= 0.6 is 0 Å². The van der Waals surface area contributed by atoms with Crippen molar-refractivity contribution in [1.29, 1.82) is 0 Å². The van der Waals surface area contributed by atoms with Crippen molar-refractivity contribution in [3.8, 4) is 11.1 Å². The molecule has 2 fully saturated rings. The van der Waals surface area contributed by atoms with Gasteiger partial charge in [0.2, 0.25) is 0 Å². The third-order valence-electron chi connectivity index (χ3n) is 7.82. The smallest absolute Gasteiger partial charge is 0.151 e. The molecule has 2 aliphatic rings. The third-order valence-corrected chi connectivity index (χ3v) is 7.82. The molecule has 1 aliphatic heterocycles. The Labute approximate surface area is 210 Å². The van der Waals surface area contributed by atoms with Crippen LogP contribution in [-0.2, 0) is 4.74 Å². The van der Waals surface area contributed by atoms with Crippen LogP contribution in [0, 0.1) is 12.7 Å². The summed E-state index contributed by atoms with van der Waals surface area (Å²) in [5.41, 5.74) is 3.65. The van der Waals surface area contributed by atoms with Crippen LogP contribution in [-0.4, -0.2) is 67.8 Å². The molecule has 0 spiro atoms. The summed E-state index contributed by atoms with van der Waals surface area (Å²) < 4.78 is 22.8. The minimum absolute atomic E-state index is 0.181. The van der Waals surface area contributed by atoms with Crippen molar-refractivity contribution in [2.45, 2.75) is 64.6 Å². The number of anilines is 1. The van der Waals surface area contributed by atoms with Crippen LogP contribution in [0.1, 0.15) is 51.4 Å². The van der Waals surface area contributed by atoms with Crippen LogP contribution in [0.3, 0.4) is 0 Å². The highest BCUT2D eigenvalue weighted by atomic mass is 19.1. The molecule has 0 atom stereocenters. The Morgan fingerprint density at radius 2 is 1.89 bits per heavy atom. The number of hydrogen-bond acceptors (Lipinski definition) is 6. The molecule has 1 aromatic carbocycles. The van der Waals surface area contributed by atoms with Crippen LogP contribution < -0.4 is 5.32 Å². The molecule has 0 unspecified atom stereocenters. The van der Waals surface area contributed by atoms with Crippen molar-refractivity contribution in [1.82, 2.24) is 29.4 Å². The number of rotatable bonds is 5. The van der Waals surface area contributed by atoms with Crippen molar-refractivity contribution in [2.24, 2.45) is 0 Å². The highest BCUT2D eigenvalue weighted by Crippen LogP contribution is 2.36. The summed E-state index contributed by atoms with van der Waals surface area (Å²) in [6.45, 7) is 9.88. The number of morpholine rings is 1. The Balaban J connectivity index is 1.30. The predicted molar refractivity (Wildman–Crippen MR) is 140 cm³/mol. The standard InChI is InChI=1S/C27H34FN7O/c1-16(2)35-17(3)32-25-22(28)12-18(13-23(25)35)21-14-29-26-24(21)27(31-15-30-26)33-19-4-6-20(7-5-19)34-8-10-36-11-9-34/h12-16,19-20H,4-11H2,1-3H3,(H2,29,30,31,33). The van der Waals surface area contributed by atoms with E-state index >= 15 is 4.39 Å². The Hall–Kier alpha value is -3.04. The van der Waals surface area contributed by atoms with Gasteiger partial charge in [0.15, 0.2) is 5.82 Å². The summed E-state index contributed by atoms with van der Waals surface area (Å²) in [6.07, 6.45) is 8.04. The Morgan fingerprint density at radius 1 is 1.11 bits per heavy atom. The summed E-state index contributed by atoms with van der Waals surface area (Å²) in [5, 5.41) is 4.61. The number of benzene rings is 1. The minimum Gasteiger partial charge on any atom is -0.379 e. The maximum atomic E-state index is 15.2. The molecule has 36 heavy (non-hydrogen) atoms. The Bertz CT molecular complexity index is 1380. The molecule has 2 N–H and O–H groups in total. The summed E-state index contributed by atoms with van der Waals surface area (Å²) in [7, 11) is 0. The normalized spacial score (nSPS) is 21.6. The Kier molecular flexibility index (Phi) is 6.13. The van der Waals surface area contributed by atoms with Gasteiger partial charge in [-0.2, -0.15) is 0 Å². The number of halogens is 1. The van der Waals surface area contributed by atoms with E-state index in [0.29, 0.717) is 17.6 Å². The molecule has 6 rings (SSSR count). The number of aryl methyl sites for hydroxylation is 1. The van der Waals surface area contributed by atoms with E-state index in [1.807, 2.05) is 19.2 Å². The second-order valence-corrected chi connectivity index (χ2v) is 10.4. The van der Waals surface area contributed by atoms with Gasteiger partial charge in [0.05, 0.1) is 24.1 Å². The quantitative estimate of drug-likeness (QED) is 0.406. The maximum Gasteiger partial charge on any atom is 0.151 e. The lowest BCUT2D eigenvalue weighted by Crippen LogP contribution is -2.46. The first-order valence-electron chi connectivity index (χ1n) is 13.1. The molecule has 8 nitrogen and oxygen atoms in total. The molecule has 190 valence electrons. The molecule has 3 aromatic heterocycles. The molecular formula is C27H34FN7O. The molecule has 1 saturated carbocycles. The molecule has 9 heteroatoms. The minimum atomic E-state index is -0.313. The van der Waals surface area contributed by atoms with Crippen LogP contribution in [0.5, 0.6) is 0 Å². The van der Waals surface area contributed by atoms with Gasteiger partial charge in [0, 0.05) is 43.0 Å². The molecule has 0 bridgehead atoms.